The van der Waals surface area contributed by atoms with E-state index in [1.54, 1.807) is 22.8 Å². The van der Waals surface area contributed by atoms with Gasteiger partial charge in [0.1, 0.15) is 11.4 Å². The van der Waals surface area contributed by atoms with Crippen molar-refractivity contribution in [3.63, 3.8) is 0 Å². The minimum atomic E-state index is -0.997. The second-order valence-corrected chi connectivity index (χ2v) is 7.00. The molecule has 3 aromatic rings. The van der Waals surface area contributed by atoms with Gasteiger partial charge >= 0.3 is 5.97 Å². The fourth-order valence-corrected chi connectivity index (χ4v) is 3.18. The normalized spacial score (nSPS) is 11.0. The minimum absolute atomic E-state index is 0.191. The van der Waals surface area contributed by atoms with Crippen LogP contribution >= 0.6 is 39.1 Å². The van der Waals surface area contributed by atoms with E-state index in [0.717, 1.165) is 16.5 Å². The number of ether oxygens (including phenoxy) is 1. The maximum Gasteiger partial charge on any atom is 0.352 e. The predicted molar refractivity (Wildman–Crippen MR) is 104 cm³/mol. The number of rotatable bonds is 6. The Morgan fingerprint density at radius 3 is 2.64 bits per heavy atom. The lowest BCUT2D eigenvalue weighted by atomic mass is 10.2. The molecule has 0 radical (unpaired) electrons. The molecule has 0 unspecified atom stereocenters. The van der Waals surface area contributed by atoms with Crippen molar-refractivity contribution in [2.75, 3.05) is 11.9 Å². The molecule has 25 heavy (non-hydrogen) atoms. The largest absolute Gasteiger partial charge is 0.492 e. The number of benzene rings is 2. The van der Waals surface area contributed by atoms with Crippen molar-refractivity contribution >= 4 is 56.0 Å². The molecule has 0 saturated heterocycles. The van der Waals surface area contributed by atoms with Gasteiger partial charge in [0.2, 0.25) is 0 Å². The van der Waals surface area contributed by atoms with Gasteiger partial charge in [-0.1, -0.05) is 51.3 Å². The fraction of sp³-hybridized carbons (Fsp3) is 0.167. The van der Waals surface area contributed by atoms with E-state index in [2.05, 4.69) is 15.9 Å². The van der Waals surface area contributed by atoms with E-state index in [1.807, 2.05) is 24.3 Å². The molecule has 7 heteroatoms. The number of carboxylic acids is 1. The zero-order chi connectivity index (χ0) is 18.0. The molecular weight excluding hydrogens is 429 g/mol. The van der Waals surface area contributed by atoms with Gasteiger partial charge in [0.25, 0.3) is 0 Å². The summed E-state index contributed by atoms with van der Waals surface area (Å²) in [6, 6.07) is 12.5. The Balaban J connectivity index is 2.10. The molecule has 130 valence electrons. The van der Waals surface area contributed by atoms with Crippen LogP contribution in [0.5, 0.6) is 5.75 Å². The summed E-state index contributed by atoms with van der Waals surface area (Å²) in [6.07, 6.45) is 0. The van der Waals surface area contributed by atoms with Crippen LogP contribution in [0, 0.1) is 0 Å². The number of fused-ring (bicyclic) bond motifs is 1. The average molecular weight is 443 g/mol. The molecule has 0 amide bonds. The van der Waals surface area contributed by atoms with E-state index < -0.39 is 5.97 Å². The van der Waals surface area contributed by atoms with Gasteiger partial charge in [-0.3, -0.25) is 0 Å². The van der Waals surface area contributed by atoms with Crippen molar-refractivity contribution < 1.29 is 14.6 Å². The first kappa shape index (κ1) is 18.1. The average Bonchev–Trinajstić information content (AvgIpc) is 2.96. The molecule has 1 N–H and O–H groups in total. The number of halogens is 3. The van der Waals surface area contributed by atoms with Gasteiger partial charge < -0.3 is 14.4 Å². The Labute approximate surface area is 163 Å². The van der Waals surface area contributed by atoms with E-state index in [-0.39, 0.29) is 5.69 Å². The van der Waals surface area contributed by atoms with Gasteiger partial charge in [0.15, 0.2) is 0 Å². The molecule has 1 heterocycles. The summed E-state index contributed by atoms with van der Waals surface area (Å²) < 4.78 is 7.44. The second-order valence-electron chi connectivity index (χ2n) is 5.40. The highest BCUT2D eigenvalue weighted by molar-refractivity contribution is 9.09. The van der Waals surface area contributed by atoms with E-state index in [4.69, 9.17) is 27.9 Å². The Morgan fingerprint density at radius 2 is 1.96 bits per heavy atom. The van der Waals surface area contributed by atoms with Gasteiger partial charge in [-0.2, -0.15) is 0 Å². The van der Waals surface area contributed by atoms with Crippen LogP contribution in [0.3, 0.4) is 0 Å². The third-order valence-corrected chi connectivity index (χ3v) is 4.85. The Hall–Kier alpha value is -1.69. The molecule has 0 fully saturated rings. The molecular formula is C18H14BrCl2NO3. The molecule has 3 rings (SSSR count). The third kappa shape index (κ3) is 3.78. The maximum absolute atomic E-state index is 11.7. The Kier molecular flexibility index (Phi) is 5.57. The summed E-state index contributed by atoms with van der Waals surface area (Å²) in [5.74, 6) is -0.338. The van der Waals surface area contributed by atoms with E-state index >= 15 is 0 Å². The number of nitrogens with zero attached hydrogens (tertiary/aromatic N) is 1. The number of aromatic carboxylic acids is 1. The first-order chi connectivity index (χ1) is 12.0. The summed E-state index contributed by atoms with van der Waals surface area (Å²) in [6.45, 7) is 0.864. The van der Waals surface area contributed by atoms with Crippen molar-refractivity contribution in [2.24, 2.45) is 0 Å². The number of aromatic nitrogens is 1. The molecule has 0 aliphatic heterocycles. The van der Waals surface area contributed by atoms with Gasteiger partial charge in [-0.25, -0.2) is 4.79 Å². The quantitative estimate of drug-likeness (QED) is 0.515. The van der Waals surface area contributed by atoms with Crippen molar-refractivity contribution in [1.29, 1.82) is 0 Å². The van der Waals surface area contributed by atoms with Crippen molar-refractivity contribution in [3.05, 3.63) is 63.8 Å². The van der Waals surface area contributed by atoms with Crippen LogP contribution in [0.1, 0.15) is 16.1 Å². The van der Waals surface area contributed by atoms with Crippen LogP contribution in [0.15, 0.2) is 42.5 Å². The number of alkyl halides is 1. The lowest BCUT2D eigenvalue weighted by molar-refractivity contribution is 0.0686. The standard InChI is InChI=1S/C18H14BrCl2NO3/c19-6-7-25-17-3-1-2-15-12(17)9-16(18(23)24)22(15)10-11-4-5-13(20)14(21)8-11/h1-5,8-9H,6-7,10H2,(H,23,24). The fourth-order valence-electron chi connectivity index (χ4n) is 2.70. The maximum atomic E-state index is 11.7. The number of carbonyl (C=O) groups is 1. The first-order valence-electron chi connectivity index (χ1n) is 7.49. The SMILES string of the molecule is O=C(O)c1cc2c(OCCBr)cccc2n1Cc1ccc(Cl)c(Cl)c1. The molecule has 2 aromatic carbocycles. The monoisotopic (exact) mass is 441 g/mol. The molecule has 4 nitrogen and oxygen atoms in total. The zero-order valence-electron chi connectivity index (χ0n) is 13.0. The van der Waals surface area contributed by atoms with Crippen LogP contribution in [0.25, 0.3) is 10.9 Å². The number of hydrogen-bond donors (Lipinski definition) is 1. The second kappa shape index (κ2) is 7.68. The molecule has 1 aromatic heterocycles. The number of hydrogen-bond acceptors (Lipinski definition) is 2. The van der Waals surface area contributed by atoms with Crippen molar-refractivity contribution in [3.8, 4) is 5.75 Å². The van der Waals surface area contributed by atoms with Crippen molar-refractivity contribution in [1.82, 2.24) is 4.57 Å². The molecule has 0 bridgehead atoms. The summed E-state index contributed by atoms with van der Waals surface area (Å²) in [4.78, 5) is 11.7. The van der Waals surface area contributed by atoms with E-state index in [1.165, 1.54) is 0 Å². The molecule has 0 aliphatic rings. The van der Waals surface area contributed by atoms with E-state index in [0.29, 0.717) is 34.3 Å². The highest BCUT2D eigenvalue weighted by atomic mass is 79.9. The van der Waals surface area contributed by atoms with Crippen molar-refractivity contribution in [2.45, 2.75) is 6.54 Å². The molecule has 0 spiro atoms. The van der Waals surface area contributed by atoms with Crippen LogP contribution < -0.4 is 4.74 Å². The van der Waals surface area contributed by atoms with Gasteiger partial charge in [0, 0.05) is 17.3 Å². The van der Waals surface area contributed by atoms with Crippen LogP contribution in [0.4, 0.5) is 0 Å². The van der Waals surface area contributed by atoms with Gasteiger partial charge in [0.05, 0.1) is 22.2 Å². The molecule has 0 aliphatic carbocycles. The first-order valence-corrected chi connectivity index (χ1v) is 9.37. The zero-order valence-corrected chi connectivity index (χ0v) is 16.1. The summed E-state index contributed by atoms with van der Waals surface area (Å²) in [5, 5.41) is 12.0. The smallest absolute Gasteiger partial charge is 0.352 e. The number of carboxylic acid groups (broad SMARTS) is 1. The van der Waals surface area contributed by atoms with Gasteiger partial charge in [-0.15, -0.1) is 0 Å². The van der Waals surface area contributed by atoms with Crippen LogP contribution in [-0.4, -0.2) is 27.6 Å². The Bertz CT molecular complexity index is 939. The van der Waals surface area contributed by atoms with Crippen LogP contribution in [-0.2, 0) is 6.54 Å². The summed E-state index contributed by atoms with van der Waals surface area (Å²) in [7, 11) is 0. The highest BCUT2D eigenvalue weighted by Crippen LogP contribution is 2.31. The highest BCUT2D eigenvalue weighted by Gasteiger charge is 2.17. The minimum Gasteiger partial charge on any atom is -0.492 e. The lowest BCUT2D eigenvalue weighted by Gasteiger charge is -2.10. The predicted octanol–water partition coefficient (Wildman–Crippen LogP) is 5.47. The lowest BCUT2D eigenvalue weighted by Crippen LogP contribution is -2.09. The summed E-state index contributed by atoms with van der Waals surface area (Å²) >= 11 is 15.4. The van der Waals surface area contributed by atoms with Crippen LogP contribution in [0.2, 0.25) is 10.0 Å². The molecule has 0 saturated carbocycles. The van der Waals surface area contributed by atoms with E-state index in [9.17, 15) is 9.90 Å². The third-order valence-electron chi connectivity index (χ3n) is 3.78. The summed E-state index contributed by atoms with van der Waals surface area (Å²) in [5.41, 5.74) is 1.84. The van der Waals surface area contributed by atoms with Gasteiger partial charge in [-0.05, 0) is 35.9 Å². The topological polar surface area (TPSA) is 51.5 Å². The molecule has 0 atom stereocenters. The Morgan fingerprint density at radius 1 is 1.16 bits per heavy atom.